The lowest BCUT2D eigenvalue weighted by Gasteiger charge is -2.48. The van der Waals surface area contributed by atoms with Crippen molar-refractivity contribution in [2.75, 3.05) is 0 Å². The molecule has 1 heterocycles. The fourth-order valence-electron chi connectivity index (χ4n) is 1.87. The van der Waals surface area contributed by atoms with Crippen LogP contribution in [0, 0.1) is 0 Å². The van der Waals surface area contributed by atoms with Gasteiger partial charge in [-0.05, 0) is 25.7 Å². The monoisotopic (exact) mass is 141 g/mol. The summed E-state index contributed by atoms with van der Waals surface area (Å²) in [6, 6.07) is 0.819. The average molecular weight is 141 g/mol. The third-order valence-electron chi connectivity index (χ3n) is 2.99. The first-order valence-corrected chi connectivity index (χ1v) is 4.54. The van der Waals surface area contributed by atoms with Gasteiger partial charge in [-0.15, -0.1) is 0 Å². The van der Waals surface area contributed by atoms with E-state index in [0.29, 0.717) is 5.54 Å². The van der Waals surface area contributed by atoms with Gasteiger partial charge in [0, 0.05) is 11.6 Å². The van der Waals surface area contributed by atoms with Crippen molar-refractivity contribution in [3.05, 3.63) is 0 Å². The van der Waals surface area contributed by atoms with Crippen molar-refractivity contribution >= 4 is 0 Å². The quantitative estimate of drug-likeness (QED) is 0.636. The molecule has 0 aromatic rings. The summed E-state index contributed by atoms with van der Waals surface area (Å²) >= 11 is 0. The summed E-state index contributed by atoms with van der Waals surface area (Å²) in [6.45, 7) is 6.82. The van der Waals surface area contributed by atoms with E-state index in [9.17, 15) is 0 Å². The van der Waals surface area contributed by atoms with Crippen LogP contribution in [0.4, 0.5) is 0 Å². The highest BCUT2D eigenvalue weighted by Crippen LogP contribution is 2.32. The SMILES string of the molecule is CCC1CC(CC)(CC)N1. The van der Waals surface area contributed by atoms with Gasteiger partial charge >= 0.3 is 0 Å². The molecule has 1 nitrogen and oxygen atoms in total. The second-order valence-electron chi connectivity index (χ2n) is 3.44. The Labute approximate surface area is 64.2 Å². The highest BCUT2D eigenvalue weighted by Gasteiger charge is 2.38. The standard InChI is InChI=1S/C9H19N/c1-4-8-7-9(5-2,6-3)10-8/h8,10H,4-7H2,1-3H3. The molecule has 0 radical (unpaired) electrons. The molecule has 1 rings (SSSR count). The zero-order valence-electron chi connectivity index (χ0n) is 7.41. The Morgan fingerprint density at radius 1 is 1.30 bits per heavy atom. The second-order valence-corrected chi connectivity index (χ2v) is 3.44. The summed E-state index contributed by atoms with van der Waals surface area (Å²) in [5, 5.41) is 3.64. The molecule has 1 N–H and O–H groups in total. The molecule has 0 aromatic heterocycles. The molecule has 0 aliphatic carbocycles. The van der Waals surface area contributed by atoms with Crippen LogP contribution in [0.25, 0.3) is 0 Å². The van der Waals surface area contributed by atoms with E-state index < -0.39 is 0 Å². The number of nitrogens with one attached hydrogen (secondary N) is 1. The zero-order chi connectivity index (χ0) is 7.61. The van der Waals surface area contributed by atoms with Crippen LogP contribution in [0.5, 0.6) is 0 Å². The molecule has 0 saturated carbocycles. The first kappa shape index (κ1) is 8.06. The van der Waals surface area contributed by atoms with Gasteiger partial charge in [-0.25, -0.2) is 0 Å². The lowest BCUT2D eigenvalue weighted by atomic mass is 9.76. The maximum atomic E-state index is 3.64. The largest absolute Gasteiger partial charge is 0.308 e. The molecular formula is C9H19N. The van der Waals surface area contributed by atoms with Gasteiger partial charge in [0.05, 0.1) is 0 Å². The Morgan fingerprint density at radius 3 is 2.10 bits per heavy atom. The van der Waals surface area contributed by atoms with E-state index in [1.165, 1.54) is 25.7 Å². The molecule has 1 unspecified atom stereocenters. The molecule has 1 aliphatic rings. The lowest BCUT2D eigenvalue weighted by molar-refractivity contribution is 0.121. The molecule has 0 amide bonds. The Bertz CT molecular complexity index is 97.3. The maximum absolute atomic E-state index is 3.64. The number of hydrogen-bond acceptors (Lipinski definition) is 1. The number of rotatable bonds is 3. The third kappa shape index (κ3) is 1.20. The van der Waals surface area contributed by atoms with E-state index in [1.54, 1.807) is 0 Å². The summed E-state index contributed by atoms with van der Waals surface area (Å²) in [4.78, 5) is 0. The molecule has 1 saturated heterocycles. The van der Waals surface area contributed by atoms with Gasteiger partial charge in [-0.1, -0.05) is 20.8 Å². The molecule has 60 valence electrons. The minimum atomic E-state index is 0.528. The Kier molecular flexibility index (Phi) is 2.35. The predicted molar refractivity (Wildman–Crippen MR) is 45.1 cm³/mol. The number of hydrogen-bond donors (Lipinski definition) is 1. The fourth-order valence-corrected chi connectivity index (χ4v) is 1.87. The van der Waals surface area contributed by atoms with Crippen molar-refractivity contribution in [2.24, 2.45) is 0 Å². The van der Waals surface area contributed by atoms with E-state index >= 15 is 0 Å². The Hall–Kier alpha value is -0.0400. The summed E-state index contributed by atoms with van der Waals surface area (Å²) < 4.78 is 0. The lowest BCUT2D eigenvalue weighted by Crippen LogP contribution is -2.62. The first-order valence-electron chi connectivity index (χ1n) is 4.54. The minimum absolute atomic E-state index is 0.528. The fraction of sp³-hybridized carbons (Fsp3) is 1.00. The highest BCUT2D eigenvalue weighted by atomic mass is 15.1. The minimum Gasteiger partial charge on any atom is -0.308 e. The predicted octanol–water partition coefficient (Wildman–Crippen LogP) is 2.32. The van der Waals surface area contributed by atoms with Crippen LogP contribution in [0.1, 0.15) is 46.5 Å². The van der Waals surface area contributed by atoms with Crippen molar-refractivity contribution < 1.29 is 0 Å². The van der Waals surface area contributed by atoms with Crippen molar-refractivity contribution in [3.8, 4) is 0 Å². The second kappa shape index (κ2) is 2.91. The van der Waals surface area contributed by atoms with Gasteiger partial charge in [-0.2, -0.15) is 0 Å². The molecule has 0 spiro atoms. The van der Waals surface area contributed by atoms with E-state index in [-0.39, 0.29) is 0 Å². The van der Waals surface area contributed by atoms with Gasteiger partial charge in [0.15, 0.2) is 0 Å². The van der Waals surface area contributed by atoms with Crippen LogP contribution >= 0.6 is 0 Å². The van der Waals surface area contributed by atoms with Crippen LogP contribution in [0.15, 0.2) is 0 Å². The van der Waals surface area contributed by atoms with Crippen molar-refractivity contribution in [3.63, 3.8) is 0 Å². The molecular weight excluding hydrogens is 122 g/mol. The molecule has 1 heteroatoms. The molecule has 0 bridgehead atoms. The van der Waals surface area contributed by atoms with E-state index in [1.807, 2.05) is 0 Å². The van der Waals surface area contributed by atoms with Gasteiger partial charge in [-0.3, -0.25) is 0 Å². The van der Waals surface area contributed by atoms with Crippen LogP contribution in [0.3, 0.4) is 0 Å². The molecule has 0 aromatic carbocycles. The summed E-state index contributed by atoms with van der Waals surface area (Å²) in [6.07, 6.45) is 5.28. The Morgan fingerprint density at radius 2 is 1.80 bits per heavy atom. The average Bonchev–Trinajstić information content (AvgIpc) is 1.89. The van der Waals surface area contributed by atoms with Gasteiger partial charge < -0.3 is 5.32 Å². The van der Waals surface area contributed by atoms with Gasteiger partial charge in [0.1, 0.15) is 0 Å². The maximum Gasteiger partial charge on any atom is 0.0193 e. The molecule has 1 fully saturated rings. The van der Waals surface area contributed by atoms with E-state index in [4.69, 9.17) is 0 Å². The van der Waals surface area contributed by atoms with Gasteiger partial charge in [0.2, 0.25) is 0 Å². The summed E-state index contributed by atoms with van der Waals surface area (Å²) in [5.74, 6) is 0. The van der Waals surface area contributed by atoms with Crippen molar-refractivity contribution in [1.29, 1.82) is 0 Å². The van der Waals surface area contributed by atoms with Gasteiger partial charge in [0.25, 0.3) is 0 Å². The third-order valence-corrected chi connectivity index (χ3v) is 2.99. The van der Waals surface area contributed by atoms with E-state index in [0.717, 1.165) is 6.04 Å². The van der Waals surface area contributed by atoms with Crippen molar-refractivity contribution in [1.82, 2.24) is 5.32 Å². The molecule has 10 heavy (non-hydrogen) atoms. The smallest absolute Gasteiger partial charge is 0.0193 e. The zero-order valence-corrected chi connectivity index (χ0v) is 7.41. The van der Waals surface area contributed by atoms with Crippen LogP contribution in [-0.2, 0) is 0 Å². The molecule has 1 atom stereocenters. The normalized spacial score (nSPS) is 29.7. The van der Waals surface area contributed by atoms with Crippen LogP contribution < -0.4 is 5.32 Å². The highest BCUT2D eigenvalue weighted by molar-refractivity contribution is 5.00. The summed E-state index contributed by atoms with van der Waals surface area (Å²) in [7, 11) is 0. The van der Waals surface area contributed by atoms with Crippen LogP contribution in [-0.4, -0.2) is 11.6 Å². The van der Waals surface area contributed by atoms with Crippen molar-refractivity contribution in [2.45, 2.75) is 58.0 Å². The first-order chi connectivity index (χ1) is 4.76. The van der Waals surface area contributed by atoms with E-state index in [2.05, 4.69) is 26.1 Å². The summed E-state index contributed by atoms with van der Waals surface area (Å²) in [5.41, 5.74) is 0.528. The van der Waals surface area contributed by atoms with Crippen LogP contribution in [0.2, 0.25) is 0 Å². The molecule has 1 aliphatic heterocycles. The topological polar surface area (TPSA) is 12.0 Å². The Balaban J connectivity index is 2.31.